The zero-order valence-electron chi connectivity index (χ0n) is 12.3. The van der Waals surface area contributed by atoms with Crippen molar-refractivity contribution in [2.24, 2.45) is 0 Å². The molecule has 0 saturated heterocycles. The summed E-state index contributed by atoms with van der Waals surface area (Å²) in [5.41, 5.74) is 3.78. The Labute approximate surface area is 125 Å². The highest BCUT2D eigenvalue weighted by Gasteiger charge is 2.06. The summed E-state index contributed by atoms with van der Waals surface area (Å²) in [6.45, 7) is 2.27. The second-order valence-corrected chi connectivity index (χ2v) is 5.03. The van der Waals surface area contributed by atoms with E-state index in [-0.39, 0.29) is 12.5 Å². The Bertz CT molecular complexity index is 590. The summed E-state index contributed by atoms with van der Waals surface area (Å²) >= 11 is 0. The number of benzene rings is 2. The maximum atomic E-state index is 12.2. The van der Waals surface area contributed by atoms with Gasteiger partial charge in [-0.15, -0.1) is 0 Å². The van der Waals surface area contributed by atoms with E-state index in [9.17, 15) is 4.79 Å². The minimum absolute atomic E-state index is 0.100. The Balaban J connectivity index is 2.04. The van der Waals surface area contributed by atoms with Gasteiger partial charge in [-0.1, -0.05) is 31.2 Å². The first-order valence-electron chi connectivity index (χ1n) is 7.33. The summed E-state index contributed by atoms with van der Waals surface area (Å²) in [6.07, 6.45) is 2.51. The summed E-state index contributed by atoms with van der Waals surface area (Å²) in [5, 5.41) is 11.8. The average molecular weight is 283 g/mol. The Morgan fingerprint density at radius 1 is 1.10 bits per heavy atom. The Hall–Kier alpha value is -2.13. The molecule has 21 heavy (non-hydrogen) atoms. The van der Waals surface area contributed by atoms with Gasteiger partial charge in [0.2, 0.25) is 0 Å². The molecule has 3 heteroatoms. The van der Waals surface area contributed by atoms with E-state index in [0.29, 0.717) is 5.56 Å². The van der Waals surface area contributed by atoms with E-state index in [4.69, 9.17) is 5.11 Å². The SMILES string of the molecule is CCc1ccc(C(=O)Nc2cccc(CCCO)c2)cc1. The number of aryl methyl sites for hydroxylation is 2. The molecule has 110 valence electrons. The van der Waals surface area contributed by atoms with Crippen LogP contribution in [0.5, 0.6) is 0 Å². The van der Waals surface area contributed by atoms with Crippen molar-refractivity contribution in [3.8, 4) is 0 Å². The van der Waals surface area contributed by atoms with E-state index in [2.05, 4.69) is 12.2 Å². The molecule has 0 aliphatic rings. The number of aliphatic hydroxyl groups excluding tert-OH is 1. The number of hydrogen-bond acceptors (Lipinski definition) is 2. The summed E-state index contributed by atoms with van der Waals surface area (Å²) in [7, 11) is 0. The first-order valence-corrected chi connectivity index (χ1v) is 7.33. The fourth-order valence-electron chi connectivity index (χ4n) is 2.18. The van der Waals surface area contributed by atoms with Crippen LogP contribution < -0.4 is 5.32 Å². The normalized spacial score (nSPS) is 10.4. The van der Waals surface area contributed by atoms with Crippen LogP contribution in [0.4, 0.5) is 5.69 Å². The van der Waals surface area contributed by atoms with Crippen LogP contribution in [-0.2, 0) is 12.8 Å². The van der Waals surface area contributed by atoms with Crippen molar-refractivity contribution < 1.29 is 9.90 Å². The van der Waals surface area contributed by atoms with Gasteiger partial charge in [0.1, 0.15) is 0 Å². The second kappa shape index (κ2) is 7.60. The van der Waals surface area contributed by atoms with Crippen LogP contribution in [0.3, 0.4) is 0 Å². The van der Waals surface area contributed by atoms with Crippen LogP contribution in [0.1, 0.15) is 34.8 Å². The van der Waals surface area contributed by atoms with Crippen LogP contribution in [-0.4, -0.2) is 17.6 Å². The smallest absolute Gasteiger partial charge is 0.255 e. The third kappa shape index (κ3) is 4.43. The van der Waals surface area contributed by atoms with E-state index in [1.54, 1.807) is 0 Å². The number of aliphatic hydroxyl groups is 1. The number of carbonyl (C=O) groups is 1. The number of hydrogen-bond donors (Lipinski definition) is 2. The zero-order valence-corrected chi connectivity index (χ0v) is 12.3. The number of anilines is 1. The van der Waals surface area contributed by atoms with Crippen LogP contribution in [0.2, 0.25) is 0 Å². The molecule has 0 heterocycles. The van der Waals surface area contributed by atoms with Crippen molar-refractivity contribution in [1.29, 1.82) is 0 Å². The number of carbonyl (C=O) groups excluding carboxylic acids is 1. The molecule has 0 atom stereocenters. The van der Waals surface area contributed by atoms with Gasteiger partial charge in [-0.3, -0.25) is 4.79 Å². The monoisotopic (exact) mass is 283 g/mol. The molecule has 0 fully saturated rings. The lowest BCUT2D eigenvalue weighted by Crippen LogP contribution is -2.12. The van der Waals surface area contributed by atoms with Crippen LogP contribution in [0, 0.1) is 0 Å². The van der Waals surface area contributed by atoms with Gasteiger partial charge in [0, 0.05) is 17.9 Å². The highest BCUT2D eigenvalue weighted by atomic mass is 16.2. The van der Waals surface area contributed by atoms with Gasteiger partial charge in [-0.25, -0.2) is 0 Å². The molecule has 1 amide bonds. The van der Waals surface area contributed by atoms with Crippen LogP contribution in [0.15, 0.2) is 48.5 Å². The predicted octanol–water partition coefficient (Wildman–Crippen LogP) is 3.43. The molecule has 0 bridgehead atoms. The highest BCUT2D eigenvalue weighted by molar-refractivity contribution is 6.04. The van der Waals surface area contributed by atoms with Crippen molar-refractivity contribution in [3.63, 3.8) is 0 Å². The number of nitrogens with one attached hydrogen (secondary N) is 1. The molecule has 0 aliphatic carbocycles. The van der Waals surface area contributed by atoms with Crippen molar-refractivity contribution in [2.45, 2.75) is 26.2 Å². The quantitative estimate of drug-likeness (QED) is 0.853. The Morgan fingerprint density at radius 3 is 2.52 bits per heavy atom. The molecular weight excluding hydrogens is 262 g/mol. The molecule has 0 saturated carbocycles. The molecule has 3 nitrogen and oxygen atoms in total. The zero-order chi connectivity index (χ0) is 15.1. The fourth-order valence-corrected chi connectivity index (χ4v) is 2.18. The molecule has 0 aliphatic heterocycles. The van der Waals surface area contributed by atoms with Gasteiger partial charge >= 0.3 is 0 Å². The van der Waals surface area contributed by atoms with E-state index in [1.807, 2.05) is 48.5 Å². The van der Waals surface area contributed by atoms with Gasteiger partial charge < -0.3 is 10.4 Å². The number of rotatable bonds is 6. The lowest BCUT2D eigenvalue weighted by Gasteiger charge is -2.08. The van der Waals surface area contributed by atoms with E-state index < -0.39 is 0 Å². The highest BCUT2D eigenvalue weighted by Crippen LogP contribution is 2.14. The maximum Gasteiger partial charge on any atom is 0.255 e. The van der Waals surface area contributed by atoms with E-state index in [0.717, 1.165) is 30.5 Å². The average Bonchev–Trinajstić information content (AvgIpc) is 2.53. The minimum Gasteiger partial charge on any atom is -0.396 e. The van der Waals surface area contributed by atoms with Crippen molar-refractivity contribution in [2.75, 3.05) is 11.9 Å². The van der Waals surface area contributed by atoms with E-state index in [1.165, 1.54) is 5.56 Å². The summed E-state index contributed by atoms with van der Waals surface area (Å²) in [6, 6.07) is 15.4. The molecule has 0 spiro atoms. The third-order valence-corrected chi connectivity index (χ3v) is 3.43. The van der Waals surface area contributed by atoms with Gasteiger partial charge in [0.15, 0.2) is 0 Å². The second-order valence-electron chi connectivity index (χ2n) is 5.03. The topological polar surface area (TPSA) is 49.3 Å². The minimum atomic E-state index is -0.100. The molecular formula is C18H21NO2. The summed E-state index contributed by atoms with van der Waals surface area (Å²) in [5.74, 6) is -0.100. The van der Waals surface area contributed by atoms with Gasteiger partial charge in [0.05, 0.1) is 0 Å². The van der Waals surface area contributed by atoms with Crippen molar-refractivity contribution in [3.05, 3.63) is 65.2 Å². The lowest BCUT2D eigenvalue weighted by molar-refractivity contribution is 0.102. The molecule has 0 radical (unpaired) electrons. The lowest BCUT2D eigenvalue weighted by atomic mass is 10.1. The van der Waals surface area contributed by atoms with E-state index >= 15 is 0 Å². The van der Waals surface area contributed by atoms with Crippen molar-refractivity contribution in [1.82, 2.24) is 0 Å². The molecule has 2 N–H and O–H groups in total. The standard InChI is InChI=1S/C18H21NO2/c1-2-14-8-10-16(11-9-14)18(21)19-17-7-3-5-15(13-17)6-4-12-20/h3,5,7-11,13,20H,2,4,6,12H2,1H3,(H,19,21). The van der Waals surface area contributed by atoms with Crippen LogP contribution in [0.25, 0.3) is 0 Å². The molecule has 2 rings (SSSR count). The molecule has 2 aromatic rings. The molecule has 0 aromatic heterocycles. The largest absolute Gasteiger partial charge is 0.396 e. The number of amides is 1. The van der Waals surface area contributed by atoms with Gasteiger partial charge in [0.25, 0.3) is 5.91 Å². The van der Waals surface area contributed by atoms with Crippen molar-refractivity contribution >= 4 is 11.6 Å². The van der Waals surface area contributed by atoms with Gasteiger partial charge in [-0.2, -0.15) is 0 Å². The third-order valence-electron chi connectivity index (χ3n) is 3.43. The first kappa shape index (κ1) is 15.3. The predicted molar refractivity (Wildman–Crippen MR) is 85.6 cm³/mol. The summed E-state index contributed by atoms with van der Waals surface area (Å²) in [4.78, 5) is 12.2. The molecule has 2 aromatic carbocycles. The molecule has 0 unspecified atom stereocenters. The Morgan fingerprint density at radius 2 is 1.86 bits per heavy atom. The van der Waals surface area contributed by atoms with Crippen LogP contribution >= 0.6 is 0 Å². The maximum absolute atomic E-state index is 12.2. The fraction of sp³-hybridized carbons (Fsp3) is 0.278. The Kier molecular flexibility index (Phi) is 5.52. The first-order chi connectivity index (χ1) is 10.2. The summed E-state index contributed by atoms with van der Waals surface area (Å²) < 4.78 is 0. The van der Waals surface area contributed by atoms with Gasteiger partial charge in [-0.05, 0) is 54.7 Å².